The number of aryl methyl sites for hydroxylation is 1. The molecule has 1 aliphatic rings. The summed E-state index contributed by atoms with van der Waals surface area (Å²) in [5, 5.41) is 10.1. The minimum absolute atomic E-state index is 0.227. The molecule has 1 aliphatic carbocycles. The molecule has 3 rings (SSSR count). The fourth-order valence-corrected chi connectivity index (χ4v) is 2.83. The first-order valence-corrected chi connectivity index (χ1v) is 7.31. The first-order chi connectivity index (χ1) is 10.1. The number of hydrogen-bond acceptors (Lipinski definition) is 2. The van der Waals surface area contributed by atoms with Gasteiger partial charge in [-0.1, -0.05) is 17.7 Å². The summed E-state index contributed by atoms with van der Waals surface area (Å²) in [4.78, 5) is 12.2. The minimum atomic E-state index is -0.392. The Morgan fingerprint density at radius 3 is 3.00 bits per heavy atom. The maximum absolute atomic E-state index is 13.0. The molecule has 0 radical (unpaired) electrons. The van der Waals surface area contributed by atoms with Gasteiger partial charge in [-0.3, -0.25) is 9.89 Å². The average Bonchev–Trinajstić information content (AvgIpc) is 2.90. The Bertz CT molecular complexity index is 684. The van der Waals surface area contributed by atoms with Crippen LogP contribution in [-0.4, -0.2) is 16.1 Å². The third kappa shape index (κ3) is 2.93. The van der Waals surface area contributed by atoms with Crippen molar-refractivity contribution in [1.82, 2.24) is 15.5 Å². The second-order valence-electron chi connectivity index (χ2n) is 5.15. The van der Waals surface area contributed by atoms with Gasteiger partial charge in [0, 0.05) is 22.8 Å². The van der Waals surface area contributed by atoms with Gasteiger partial charge in [0.2, 0.25) is 0 Å². The molecule has 1 aromatic carbocycles. The largest absolute Gasteiger partial charge is 0.347 e. The number of fused-ring (bicyclic) bond motifs is 1. The van der Waals surface area contributed by atoms with Gasteiger partial charge in [-0.05, 0) is 43.4 Å². The van der Waals surface area contributed by atoms with Crippen LogP contribution in [0, 0.1) is 5.82 Å². The average molecular weight is 308 g/mol. The van der Waals surface area contributed by atoms with Gasteiger partial charge in [-0.25, -0.2) is 4.39 Å². The van der Waals surface area contributed by atoms with Crippen molar-refractivity contribution in [3.63, 3.8) is 0 Å². The van der Waals surface area contributed by atoms with Gasteiger partial charge in [-0.2, -0.15) is 5.10 Å². The number of nitrogens with zero attached hydrogens (tertiary/aromatic N) is 1. The summed E-state index contributed by atoms with van der Waals surface area (Å²) in [7, 11) is 0. The van der Waals surface area contributed by atoms with Gasteiger partial charge in [0.05, 0.1) is 0 Å². The van der Waals surface area contributed by atoms with Gasteiger partial charge >= 0.3 is 0 Å². The molecule has 6 heteroatoms. The quantitative estimate of drug-likeness (QED) is 0.916. The van der Waals surface area contributed by atoms with Crippen molar-refractivity contribution < 1.29 is 9.18 Å². The molecule has 1 heterocycles. The molecule has 0 saturated heterocycles. The Kier molecular flexibility index (Phi) is 3.92. The maximum Gasteiger partial charge on any atom is 0.272 e. The van der Waals surface area contributed by atoms with E-state index in [1.807, 2.05) is 0 Å². The number of carbonyl (C=O) groups is 1. The second-order valence-corrected chi connectivity index (χ2v) is 5.56. The van der Waals surface area contributed by atoms with E-state index >= 15 is 0 Å². The highest BCUT2D eigenvalue weighted by atomic mass is 35.5. The molecule has 110 valence electrons. The Hall–Kier alpha value is -1.88. The Balaban J connectivity index is 1.71. The zero-order valence-electron chi connectivity index (χ0n) is 11.4. The van der Waals surface area contributed by atoms with Crippen LogP contribution in [0.5, 0.6) is 0 Å². The number of H-pyrrole nitrogens is 1. The van der Waals surface area contributed by atoms with Gasteiger partial charge in [-0.15, -0.1) is 0 Å². The summed E-state index contributed by atoms with van der Waals surface area (Å²) in [6, 6.07) is 4.13. The SMILES string of the molecule is O=C(NCc1ccc(F)cc1Cl)c1n[nH]c2c1CCCC2. The molecular weight excluding hydrogens is 293 g/mol. The number of nitrogens with one attached hydrogen (secondary N) is 2. The van der Waals surface area contributed by atoms with Crippen molar-refractivity contribution in [3.05, 3.63) is 51.6 Å². The lowest BCUT2D eigenvalue weighted by Crippen LogP contribution is -2.24. The van der Waals surface area contributed by atoms with Crippen LogP contribution in [0.3, 0.4) is 0 Å². The highest BCUT2D eigenvalue weighted by Gasteiger charge is 2.21. The fraction of sp³-hybridized carbons (Fsp3) is 0.333. The van der Waals surface area contributed by atoms with Crippen molar-refractivity contribution in [1.29, 1.82) is 0 Å². The molecule has 2 aromatic rings. The van der Waals surface area contributed by atoms with E-state index in [0.717, 1.165) is 36.9 Å². The van der Waals surface area contributed by atoms with E-state index in [0.29, 0.717) is 16.3 Å². The summed E-state index contributed by atoms with van der Waals surface area (Å²) in [5.74, 6) is -0.619. The standard InChI is InChI=1S/C15H15ClFN3O/c16-12-7-10(17)6-5-9(12)8-18-15(21)14-11-3-1-2-4-13(11)19-20-14/h5-7H,1-4,8H2,(H,18,21)(H,19,20). The molecule has 0 fully saturated rings. The molecule has 2 N–H and O–H groups in total. The predicted molar refractivity (Wildman–Crippen MR) is 77.8 cm³/mol. The van der Waals surface area contributed by atoms with Crippen LogP contribution in [0.1, 0.15) is 40.2 Å². The van der Waals surface area contributed by atoms with Gasteiger partial charge in [0.1, 0.15) is 5.82 Å². The molecule has 1 aromatic heterocycles. The normalized spacial score (nSPS) is 13.8. The van der Waals surface area contributed by atoms with Crippen LogP contribution in [0.2, 0.25) is 5.02 Å². The molecule has 0 atom stereocenters. The summed E-state index contributed by atoms with van der Waals surface area (Å²) in [5.41, 5.74) is 3.22. The predicted octanol–water partition coefficient (Wildman–Crippen LogP) is 3.01. The molecule has 0 unspecified atom stereocenters. The van der Waals surface area contributed by atoms with Gasteiger partial charge in [0.15, 0.2) is 5.69 Å². The van der Waals surface area contributed by atoms with E-state index in [1.165, 1.54) is 12.1 Å². The monoisotopic (exact) mass is 307 g/mol. The molecule has 0 spiro atoms. The number of carbonyl (C=O) groups excluding carboxylic acids is 1. The van der Waals surface area contributed by atoms with Crippen molar-refractivity contribution >= 4 is 17.5 Å². The van der Waals surface area contributed by atoms with Crippen LogP contribution >= 0.6 is 11.6 Å². The van der Waals surface area contributed by atoms with Gasteiger partial charge < -0.3 is 5.32 Å². The molecule has 1 amide bonds. The highest BCUT2D eigenvalue weighted by Crippen LogP contribution is 2.22. The number of hydrogen-bond donors (Lipinski definition) is 2. The molecule has 21 heavy (non-hydrogen) atoms. The molecule has 4 nitrogen and oxygen atoms in total. The van der Waals surface area contributed by atoms with E-state index in [-0.39, 0.29) is 12.5 Å². The van der Waals surface area contributed by atoms with Crippen LogP contribution in [0.4, 0.5) is 4.39 Å². The summed E-state index contributed by atoms with van der Waals surface area (Å²) in [6.45, 7) is 0.250. The first-order valence-electron chi connectivity index (χ1n) is 6.93. The van der Waals surface area contributed by atoms with Gasteiger partial charge in [0.25, 0.3) is 5.91 Å². The van der Waals surface area contributed by atoms with E-state index in [2.05, 4.69) is 15.5 Å². The number of rotatable bonds is 3. The number of amides is 1. The summed E-state index contributed by atoms with van der Waals surface area (Å²) < 4.78 is 13.0. The number of aromatic amines is 1. The van der Waals surface area contributed by atoms with Crippen LogP contribution < -0.4 is 5.32 Å². The van der Waals surface area contributed by atoms with Crippen molar-refractivity contribution in [2.45, 2.75) is 32.2 Å². The van der Waals surface area contributed by atoms with E-state index < -0.39 is 5.82 Å². The Morgan fingerprint density at radius 1 is 1.38 bits per heavy atom. The van der Waals surface area contributed by atoms with Crippen LogP contribution in [0.15, 0.2) is 18.2 Å². The lowest BCUT2D eigenvalue weighted by molar-refractivity contribution is 0.0945. The summed E-state index contributed by atoms with van der Waals surface area (Å²) >= 11 is 5.94. The lowest BCUT2D eigenvalue weighted by atomic mass is 9.96. The lowest BCUT2D eigenvalue weighted by Gasteiger charge is -2.11. The molecule has 0 bridgehead atoms. The van der Waals surface area contributed by atoms with Crippen molar-refractivity contribution in [2.75, 3.05) is 0 Å². The minimum Gasteiger partial charge on any atom is -0.347 e. The van der Waals surface area contributed by atoms with Crippen LogP contribution in [-0.2, 0) is 19.4 Å². The van der Waals surface area contributed by atoms with Crippen LogP contribution in [0.25, 0.3) is 0 Å². The Morgan fingerprint density at radius 2 is 2.19 bits per heavy atom. The van der Waals surface area contributed by atoms with Crippen molar-refractivity contribution in [2.24, 2.45) is 0 Å². The number of benzene rings is 1. The molecule has 0 aliphatic heterocycles. The van der Waals surface area contributed by atoms with E-state index in [4.69, 9.17) is 11.6 Å². The maximum atomic E-state index is 13.0. The van der Waals surface area contributed by atoms with E-state index in [1.54, 1.807) is 6.07 Å². The Labute approximate surface area is 126 Å². The number of aromatic nitrogens is 2. The second kappa shape index (κ2) is 5.85. The smallest absolute Gasteiger partial charge is 0.272 e. The third-order valence-electron chi connectivity index (χ3n) is 3.73. The zero-order valence-corrected chi connectivity index (χ0v) is 12.1. The third-order valence-corrected chi connectivity index (χ3v) is 4.08. The first kappa shape index (κ1) is 14.1. The number of halogens is 2. The highest BCUT2D eigenvalue weighted by molar-refractivity contribution is 6.31. The molecular formula is C15H15ClFN3O. The zero-order chi connectivity index (χ0) is 14.8. The molecule has 0 saturated carbocycles. The van der Waals surface area contributed by atoms with E-state index in [9.17, 15) is 9.18 Å². The fourth-order valence-electron chi connectivity index (χ4n) is 2.59. The topological polar surface area (TPSA) is 57.8 Å². The summed E-state index contributed by atoms with van der Waals surface area (Å²) in [6.07, 6.45) is 4.03. The van der Waals surface area contributed by atoms with Crippen molar-refractivity contribution in [3.8, 4) is 0 Å².